The molecule has 190 valence electrons. The van der Waals surface area contributed by atoms with Crippen LogP contribution in [-0.4, -0.2) is 40.9 Å². The number of fused-ring (bicyclic) bond motifs is 1. The van der Waals surface area contributed by atoms with Crippen molar-refractivity contribution < 1.29 is 18.8 Å². The van der Waals surface area contributed by atoms with Gasteiger partial charge in [-0.05, 0) is 41.3 Å². The predicted octanol–water partition coefficient (Wildman–Crippen LogP) is 3.58. The highest BCUT2D eigenvalue weighted by Gasteiger charge is 2.35. The van der Waals surface area contributed by atoms with Crippen LogP contribution in [0.3, 0.4) is 0 Å². The van der Waals surface area contributed by atoms with E-state index in [2.05, 4.69) is 15.8 Å². The zero-order chi connectivity index (χ0) is 24.6. The number of nitrogens with zero attached hydrogens (tertiary/aromatic N) is 2. The van der Waals surface area contributed by atoms with E-state index in [4.69, 9.17) is 4.84 Å². The number of nitrogens with one attached hydrogen (secondary N) is 2. The standard InChI is InChI=1S/C27H29FN4O3.CH4/c1-35-31-23(14-20-9-4-5-12-24(20)28)16-26(33)32-18-21-10-3-2-8-19(21)15-25(32)27(34)30-17-22-11-6-7-13-29-22;/h2-13,23,25,31H,14-18H2,1H3,(H,30,34);1H4/t23?,25-;/m0./s1. The lowest BCUT2D eigenvalue weighted by atomic mass is 9.92. The molecule has 0 spiro atoms. The van der Waals surface area contributed by atoms with E-state index in [1.165, 1.54) is 13.2 Å². The Balaban J connectivity index is 0.00000361. The molecule has 2 N–H and O–H groups in total. The molecule has 0 saturated carbocycles. The maximum absolute atomic E-state index is 14.2. The fourth-order valence-electron chi connectivity index (χ4n) is 4.40. The van der Waals surface area contributed by atoms with Gasteiger partial charge in [-0.15, -0.1) is 0 Å². The summed E-state index contributed by atoms with van der Waals surface area (Å²) in [5.41, 5.74) is 6.11. The second-order valence-corrected chi connectivity index (χ2v) is 8.57. The van der Waals surface area contributed by atoms with Gasteiger partial charge in [0.1, 0.15) is 11.9 Å². The Morgan fingerprint density at radius 1 is 1.08 bits per heavy atom. The zero-order valence-electron chi connectivity index (χ0n) is 19.6. The van der Waals surface area contributed by atoms with Crippen molar-refractivity contribution in [3.05, 3.63) is 101 Å². The molecule has 4 rings (SSSR count). The average molecular weight is 493 g/mol. The van der Waals surface area contributed by atoms with Crippen LogP contribution in [0.2, 0.25) is 0 Å². The maximum atomic E-state index is 14.2. The molecule has 1 aromatic heterocycles. The van der Waals surface area contributed by atoms with Gasteiger partial charge in [-0.3, -0.25) is 14.6 Å². The van der Waals surface area contributed by atoms with Crippen molar-refractivity contribution in [2.24, 2.45) is 0 Å². The number of amides is 2. The molecule has 3 aromatic rings. The molecule has 0 fully saturated rings. The molecule has 7 nitrogen and oxygen atoms in total. The first-order chi connectivity index (χ1) is 17.0. The fourth-order valence-corrected chi connectivity index (χ4v) is 4.40. The van der Waals surface area contributed by atoms with Gasteiger partial charge in [0.05, 0.1) is 19.3 Å². The van der Waals surface area contributed by atoms with Gasteiger partial charge in [0.25, 0.3) is 0 Å². The molecule has 0 saturated heterocycles. The van der Waals surface area contributed by atoms with Gasteiger partial charge >= 0.3 is 0 Å². The Morgan fingerprint density at radius 2 is 1.81 bits per heavy atom. The first-order valence-corrected chi connectivity index (χ1v) is 11.6. The molecule has 8 heteroatoms. The third-order valence-electron chi connectivity index (χ3n) is 6.17. The van der Waals surface area contributed by atoms with Gasteiger partial charge in [0.2, 0.25) is 11.8 Å². The maximum Gasteiger partial charge on any atom is 0.243 e. The molecule has 2 heterocycles. The largest absolute Gasteiger partial charge is 0.349 e. The number of hydrogen-bond acceptors (Lipinski definition) is 5. The van der Waals surface area contributed by atoms with Crippen LogP contribution >= 0.6 is 0 Å². The minimum absolute atomic E-state index is 0. The monoisotopic (exact) mass is 492 g/mol. The smallest absolute Gasteiger partial charge is 0.243 e. The second kappa shape index (κ2) is 12.9. The highest BCUT2D eigenvalue weighted by Crippen LogP contribution is 2.25. The van der Waals surface area contributed by atoms with Gasteiger partial charge in [-0.25, -0.2) is 4.39 Å². The Bertz CT molecular complexity index is 1160. The molecule has 2 aromatic carbocycles. The molecule has 1 unspecified atom stereocenters. The minimum atomic E-state index is -0.655. The first-order valence-electron chi connectivity index (χ1n) is 11.6. The number of benzene rings is 2. The number of pyridine rings is 1. The molecular weight excluding hydrogens is 459 g/mol. The van der Waals surface area contributed by atoms with E-state index in [1.54, 1.807) is 29.3 Å². The normalized spacial score (nSPS) is 15.4. The summed E-state index contributed by atoms with van der Waals surface area (Å²) in [4.78, 5) is 37.7. The van der Waals surface area contributed by atoms with Crippen molar-refractivity contribution in [2.45, 2.75) is 51.9 Å². The molecule has 1 aliphatic rings. The van der Waals surface area contributed by atoms with E-state index >= 15 is 0 Å². The van der Waals surface area contributed by atoms with Crippen molar-refractivity contribution in [3.63, 3.8) is 0 Å². The Labute approximate surface area is 211 Å². The van der Waals surface area contributed by atoms with Crippen LogP contribution in [0.4, 0.5) is 4.39 Å². The van der Waals surface area contributed by atoms with Gasteiger partial charge < -0.3 is 15.1 Å². The number of hydroxylamine groups is 1. The Morgan fingerprint density at radius 3 is 2.53 bits per heavy atom. The number of carbonyl (C=O) groups excluding carboxylic acids is 2. The van der Waals surface area contributed by atoms with E-state index in [9.17, 15) is 14.0 Å². The van der Waals surface area contributed by atoms with Crippen LogP contribution in [0.15, 0.2) is 72.9 Å². The molecular formula is C28H33FN4O3. The lowest BCUT2D eigenvalue weighted by molar-refractivity contribution is -0.142. The number of hydrogen-bond donors (Lipinski definition) is 2. The van der Waals surface area contributed by atoms with Gasteiger partial charge in [-0.1, -0.05) is 56.0 Å². The number of aromatic nitrogens is 1. The van der Waals surface area contributed by atoms with Crippen molar-refractivity contribution >= 4 is 11.8 Å². The molecule has 0 radical (unpaired) electrons. The highest BCUT2D eigenvalue weighted by atomic mass is 19.1. The molecule has 2 amide bonds. The third-order valence-corrected chi connectivity index (χ3v) is 6.17. The Kier molecular flexibility index (Phi) is 9.67. The quantitative estimate of drug-likeness (QED) is 0.446. The van der Waals surface area contributed by atoms with Crippen LogP contribution in [-0.2, 0) is 40.4 Å². The van der Waals surface area contributed by atoms with Crippen molar-refractivity contribution in [3.8, 4) is 0 Å². The molecule has 0 bridgehead atoms. The summed E-state index contributed by atoms with van der Waals surface area (Å²) in [6.45, 7) is 0.608. The summed E-state index contributed by atoms with van der Waals surface area (Å²) in [6, 6.07) is 18.7. The first kappa shape index (κ1) is 27.0. The number of rotatable bonds is 9. The highest BCUT2D eigenvalue weighted by molar-refractivity contribution is 5.88. The topological polar surface area (TPSA) is 83.6 Å². The third kappa shape index (κ3) is 6.74. The summed E-state index contributed by atoms with van der Waals surface area (Å²) in [5.74, 6) is -0.770. The molecule has 1 aliphatic heterocycles. The SMILES string of the molecule is C.CONC(CC(=O)N1Cc2ccccc2C[C@H]1C(=O)NCc1ccccn1)Cc1ccccc1F. The van der Waals surface area contributed by atoms with E-state index < -0.39 is 12.1 Å². The van der Waals surface area contributed by atoms with Crippen molar-refractivity contribution in [2.75, 3.05) is 7.11 Å². The Hall–Kier alpha value is -3.62. The summed E-state index contributed by atoms with van der Waals surface area (Å²) < 4.78 is 14.2. The molecule has 0 aliphatic carbocycles. The summed E-state index contributed by atoms with van der Waals surface area (Å²) in [5, 5.41) is 2.92. The van der Waals surface area contributed by atoms with Gasteiger partial charge in [0.15, 0.2) is 0 Å². The van der Waals surface area contributed by atoms with Crippen LogP contribution in [0.25, 0.3) is 0 Å². The van der Waals surface area contributed by atoms with Crippen molar-refractivity contribution in [1.29, 1.82) is 0 Å². The fraction of sp³-hybridized carbons (Fsp3) is 0.321. The molecule has 2 atom stereocenters. The number of halogens is 1. The van der Waals surface area contributed by atoms with E-state index in [-0.39, 0.29) is 44.4 Å². The van der Waals surface area contributed by atoms with E-state index in [0.717, 1.165) is 16.8 Å². The molecule has 36 heavy (non-hydrogen) atoms. The van der Waals surface area contributed by atoms with Crippen LogP contribution in [0, 0.1) is 5.82 Å². The summed E-state index contributed by atoms with van der Waals surface area (Å²) >= 11 is 0. The van der Waals surface area contributed by atoms with Crippen LogP contribution < -0.4 is 10.8 Å². The average Bonchev–Trinajstić information content (AvgIpc) is 2.88. The summed E-state index contributed by atoms with van der Waals surface area (Å²) in [7, 11) is 1.46. The van der Waals surface area contributed by atoms with Gasteiger partial charge in [-0.2, -0.15) is 5.48 Å². The van der Waals surface area contributed by atoms with E-state index in [1.807, 2.05) is 42.5 Å². The van der Waals surface area contributed by atoms with E-state index in [0.29, 0.717) is 18.5 Å². The van der Waals surface area contributed by atoms with Crippen molar-refractivity contribution in [1.82, 2.24) is 20.7 Å². The predicted molar refractivity (Wildman–Crippen MR) is 136 cm³/mol. The number of carbonyl (C=O) groups is 2. The minimum Gasteiger partial charge on any atom is -0.349 e. The lowest BCUT2D eigenvalue weighted by Gasteiger charge is -2.37. The zero-order valence-corrected chi connectivity index (χ0v) is 19.6. The lowest BCUT2D eigenvalue weighted by Crippen LogP contribution is -2.53. The van der Waals surface area contributed by atoms with Gasteiger partial charge in [0, 0.05) is 31.6 Å². The van der Waals surface area contributed by atoms with Crippen LogP contribution in [0.1, 0.15) is 36.2 Å². The van der Waals surface area contributed by atoms with Crippen LogP contribution in [0.5, 0.6) is 0 Å². The summed E-state index contributed by atoms with van der Waals surface area (Å²) in [6.07, 6.45) is 2.42. The second-order valence-electron chi connectivity index (χ2n) is 8.57.